The zero-order chi connectivity index (χ0) is 22.9. The summed E-state index contributed by atoms with van der Waals surface area (Å²) in [6.07, 6.45) is 6.93. The third kappa shape index (κ3) is 3.91. The zero-order valence-corrected chi connectivity index (χ0v) is 19.6. The van der Waals surface area contributed by atoms with Crippen LogP contribution in [0.3, 0.4) is 0 Å². The lowest BCUT2D eigenvalue weighted by Gasteiger charge is -2.31. The Morgan fingerprint density at radius 1 is 0.882 bits per heavy atom. The smallest absolute Gasteiger partial charge is 0.142 e. The van der Waals surface area contributed by atoms with Crippen LogP contribution in [0, 0.1) is 0 Å². The van der Waals surface area contributed by atoms with E-state index in [0.717, 1.165) is 79.5 Å². The Morgan fingerprint density at radius 2 is 1.79 bits per heavy atom. The van der Waals surface area contributed by atoms with Crippen molar-refractivity contribution in [2.75, 3.05) is 56.3 Å². The first-order valence-electron chi connectivity index (χ1n) is 12.0. The summed E-state index contributed by atoms with van der Waals surface area (Å²) in [5.74, 6) is 0.900. The molecule has 3 aliphatic rings. The fraction of sp³-hybridized carbons (Fsp3) is 0.333. The highest BCUT2D eigenvalue weighted by atomic mass is 16.5. The van der Waals surface area contributed by atoms with Crippen molar-refractivity contribution in [1.29, 1.82) is 0 Å². The second kappa shape index (κ2) is 9.08. The molecule has 0 radical (unpaired) electrons. The van der Waals surface area contributed by atoms with Gasteiger partial charge in [0.05, 0.1) is 30.4 Å². The lowest BCUT2D eigenvalue weighted by atomic mass is 9.98. The molecule has 0 aliphatic carbocycles. The minimum absolute atomic E-state index is 0.568. The fourth-order valence-corrected chi connectivity index (χ4v) is 5.12. The first-order chi connectivity index (χ1) is 16.8. The van der Waals surface area contributed by atoms with Crippen LogP contribution in [-0.4, -0.2) is 57.7 Å². The number of fused-ring (bicyclic) bond motifs is 2. The first kappa shape index (κ1) is 21.1. The number of hydrogen-bond acceptors (Lipinski definition) is 7. The van der Waals surface area contributed by atoms with Gasteiger partial charge in [0.15, 0.2) is 0 Å². The number of rotatable bonds is 4. The molecule has 0 amide bonds. The van der Waals surface area contributed by atoms with E-state index in [1.54, 1.807) is 7.11 Å². The second-order valence-corrected chi connectivity index (χ2v) is 9.04. The third-order valence-corrected chi connectivity index (χ3v) is 6.99. The van der Waals surface area contributed by atoms with Crippen LogP contribution in [0.2, 0.25) is 0 Å². The van der Waals surface area contributed by atoms with Crippen molar-refractivity contribution in [3.8, 4) is 16.9 Å². The van der Waals surface area contributed by atoms with Crippen molar-refractivity contribution in [2.45, 2.75) is 13.0 Å². The van der Waals surface area contributed by atoms with Gasteiger partial charge in [0.1, 0.15) is 12.4 Å². The molecule has 34 heavy (non-hydrogen) atoms. The zero-order valence-electron chi connectivity index (χ0n) is 19.6. The molecule has 0 unspecified atom stereocenters. The van der Waals surface area contributed by atoms with Crippen molar-refractivity contribution < 1.29 is 4.74 Å². The molecule has 4 heterocycles. The number of nitrogens with zero attached hydrogens (tertiary/aromatic N) is 4. The minimum Gasteiger partial charge on any atom is -0.495 e. The van der Waals surface area contributed by atoms with Crippen LogP contribution in [0.5, 0.6) is 5.75 Å². The highest BCUT2D eigenvalue weighted by Gasteiger charge is 2.23. The molecule has 3 aliphatic heterocycles. The van der Waals surface area contributed by atoms with Crippen molar-refractivity contribution >= 4 is 23.3 Å². The van der Waals surface area contributed by atoms with Crippen molar-refractivity contribution in [3.63, 3.8) is 0 Å². The largest absolute Gasteiger partial charge is 0.495 e. The highest BCUT2D eigenvalue weighted by molar-refractivity contribution is 5.94. The molecule has 0 spiro atoms. The van der Waals surface area contributed by atoms with Crippen LogP contribution in [0.4, 0.5) is 17.1 Å². The van der Waals surface area contributed by atoms with Crippen LogP contribution in [0.15, 0.2) is 53.8 Å². The molecule has 2 N–H and O–H groups in total. The Bertz CT molecular complexity index is 1230. The first-order valence-corrected chi connectivity index (χ1v) is 12.0. The lowest BCUT2D eigenvalue weighted by molar-refractivity contribution is 0.414. The van der Waals surface area contributed by atoms with Crippen LogP contribution in [0.1, 0.15) is 16.7 Å². The van der Waals surface area contributed by atoms with Crippen LogP contribution >= 0.6 is 0 Å². The van der Waals surface area contributed by atoms with Gasteiger partial charge in [-0.1, -0.05) is 12.1 Å². The number of pyridine rings is 1. The average Bonchev–Trinajstić information content (AvgIpc) is 2.92. The van der Waals surface area contributed by atoms with E-state index < -0.39 is 0 Å². The summed E-state index contributed by atoms with van der Waals surface area (Å²) < 4.78 is 5.84. The summed E-state index contributed by atoms with van der Waals surface area (Å²) in [7, 11) is 1.75. The molecule has 1 saturated heterocycles. The maximum atomic E-state index is 5.84. The van der Waals surface area contributed by atoms with Crippen molar-refractivity contribution in [3.05, 3.63) is 65.5 Å². The molecule has 174 valence electrons. The van der Waals surface area contributed by atoms with Gasteiger partial charge >= 0.3 is 0 Å². The Hall–Kier alpha value is -3.42. The normalized spacial score (nSPS) is 17.3. The number of hydrogen-bond donors (Lipinski definition) is 2. The van der Waals surface area contributed by atoms with Gasteiger partial charge in [-0.3, -0.25) is 9.98 Å². The van der Waals surface area contributed by atoms with Gasteiger partial charge in [0.25, 0.3) is 0 Å². The second-order valence-electron chi connectivity index (χ2n) is 9.04. The molecule has 2 aromatic carbocycles. The standard InChI is InChI=1S/C27H30N6O/c1-34-27-13-20-4-5-29-15-23(20)12-26(27)33-18-31-14-21-3-2-19(11-25(21)33)22-10-24(17-30-16-22)32-8-6-28-7-9-32/h2-3,10-14,16-17,28-29H,4-9,15,18H2,1H3. The molecule has 7 heteroatoms. The Balaban J connectivity index is 1.39. The predicted octanol–water partition coefficient (Wildman–Crippen LogP) is 3.34. The quantitative estimate of drug-likeness (QED) is 0.631. The fourth-order valence-electron chi connectivity index (χ4n) is 5.12. The molecule has 1 aromatic heterocycles. The third-order valence-electron chi connectivity index (χ3n) is 6.99. The molecular formula is C27H30N6O. The SMILES string of the molecule is COc1cc2c(cc1N1CN=Cc3ccc(-c4cncc(N5CCNCC5)c4)cc31)CNCC2. The van der Waals surface area contributed by atoms with Gasteiger partial charge in [-0.25, -0.2) is 0 Å². The van der Waals surface area contributed by atoms with E-state index in [9.17, 15) is 0 Å². The molecule has 3 aromatic rings. The summed E-state index contributed by atoms with van der Waals surface area (Å²) >= 11 is 0. The number of benzene rings is 2. The number of piperazine rings is 1. The number of anilines is 3. The van der Waals surface area contributed by atoms with Crippen LogP contribution < -0.4 is 25.2 Å². The van der Waals surface area contributed by atoms with Crippen LogP contribution in [0.25, 0.3) is 11.1 Å². The van der Waals surface area contributed by atoms with E-state index in [0.29, 0.717) is 6.67 Å². The number of aliphatic imine (C=N–C) groups is 1. The van der Waals surface area contributed by atoms with Crippen LogP contribution in [-0.2, 0) is 13.0 Å². The molecule has 0 atom stereocenters. The maximum absolute atomic E-state index is 5.84. The van der Waals surface area contributed by atoms with Gasteiger partial charge in [0, 0.05) is 56.3 Å². The molecule has 1 fully saturated rings. The summed E-state index contributed by atoms with van der Waals surface area (Å²) in [5.41, 5.74) is 9.48. The van der Waals surface area contributed by atoms with Gasteiger partial charge in [0.2, 0.25) is 0 Å². The predicted molar refractivity (Wildman–Crippen MR) is 138 cm³/mol. The molecule has 6 rings (SSSR count). The van der Waals surface area contributed by atoms with Crippen molar-refractivity contribution in [2.24, 2.45) is 4.99 Å². The topological polar surface area (TPSA) is 65.0 Å². The molecular weight excluding hydrogens is 424 g/mol. The van der Waals surface area contributed by atoms with Gasteiger partial charge < -0.3 is 25.2 Å². The molecule has 0 bridgehead atoms. The van der Waals surface area contributed by atoms with E-state index >= 15 is 0 Å². The number of methoxy groups -OCH3 is 1. The number of aromatic nitrogens is 1. The molecule has 7 nitrogen and oxygen atoms in total. The van der Waals surface area contributed by atoms with E-state index in [1.165, 1.54) is 16.8 Å². The highest BCUT2D eigenvalue weighted by Crippen LogP contribution is 2.40. The number of nitrogens with one attached hydrogen (secondary N) is 2. The van der Waals surface area contributed by atoms with Crippen molar-refractivity contribution in [1.82, 2.24) is 15.6 Å². The van der Waals surface area contributed by atoms with E-state index in [-0.39, 0.29) is 0 Å². The van der Waals surface area contributed by atoms with Gasteiger partial charge in [-0.05, 0) is 53.9 Å². The monoisotopic (exact) mass is 454 g/mol. The Kier molecular flexibility index (Phi) is 5.65. The lowest BCUT2D eigenvalue weighted by Crippen LogP contribution is -2.43. The Morgan fingerprint density at radius 3 is 2.68 bits per heavy atom. The molecule has 0 saturated carbocycles. The summed E-state index contributed by atoms with van der Waals surface area (Å²) in [4.78, 5) is 13.9. The van der Waals surface area contributed by atoms with E-state index in [2.05, 4.69) is 66.8 Å². The van der Waals surface area contributed by atoms with Gasteiger partial charge in [-0.15, -0.1) is 0 Å². The Labute approximate surface area is 200 Å². The minimum atomic E-state index is 0.568. The maximum Gasteiger partial charge on any atom is 0.142 e. The average molecular weight is 455 g/mol. The van der Waals surface area contributed by atoms with E-state index in [1.807, 2.05) is 18.6 Å². The van der Waals surface area contributed by atoms with Gasteiger partial charge in [-0.2, -0.15) is 0 Å². The number of ether oxygens (including phenoxy) is 1. The van der Waals surface area contributed by atoms with E-state index in [4.69, 9.17) is 4.74 Å². The summed E-state index contributed by atoms with van der Waals surface area (Å²) in [6.45, 7) is 6.50. The summed E-state index contributed by atoms with van der Waals surface area (Å²) in [6, 6.07) is 13.3. The summed E-state index contributed by atoms with van der Waals surface area (Å²) in [5, 5.41) is 6.91.